The van der Waals surface area contributed by atoms with Crippen molar-refractivity contribution in [2.24, 2.45) is 0 Å². The van der Waals surface area contributed by atoms with Gasteiger partial charge in [0.25, 0.3) is 0 Å². The highest BCUT2D eigenvalue weighted by Gasteiger charge is 2.38. The van der Waals surface area contributed by atoms with Crippen LogP contribution in [0.15, 0.2) is 182 Å². The predicted molar refractivity (Wildman–Crippen MR) is 255 cm³/mol. The maximum Gasteiger partial charge on any atom is 0.0547 e. The van der Waals surface area contributed by atoms with Gasteiger partial charge in [0.15, 0.2) is 0 Å². The number of anilines is 6. The minimum absolute atomic E-state index is 0.139. The maximum atomic E-state index is 2.53. The third kappa shape index (κ3) is 5.40. The van der Waals surface area contributed by atoms with Crippen molar-refractivity contribution in [2.75, 3.05) is 9.80 Å². The highest BCUT2D eigenvalue weighted by atomic mass is 15.2. The van der Waals surface area contributed by atoms with Crippen molar-refractivity contribution in [1.29, 1.82) is 0 Å². The molecule has 0 fully saturated rings. The van der Waals surface area contributed by atoms with E-state index in [0.29, 0.717) is 0 Å². The summed E-state index contributed by atoms with van der Waals surface area (Å²) < 4.78 is 0. The topological polar surface area (TPSA) is 6.48 Å². The molecule has 0 radical (unpaired) electrons. The summed E-state index contributed by atoms with van der Waals surface area (Å²) in [7, 11) is 0. The van der Waals surface area contributed by atoms with E-state index >= 15 is 0 Å². The molecule has 0 heterocycles. The second-order valence-corrected chi connectivity index (χ2v) is 18.0. The Hall–Kier alpha value is -6.90. The normalized spacial score (nSPS) is 14.1. The van der Waals surface area contributed by atoms with E-state index in [4.69, 9.17) is 0 Å². The number of hydrogen-bond acceptors (Lipinski definition) is 2. The van der Waals surface area contributed by atoms with Crippen molar-refractivity contribution in [3.8, 4) is 22.3 Å². The van der Waals surface area contributed by atoms with Gasteiger partial charge in [0.2, 0.25) is 0 Å². The van der Waals surface area contributed by atoms with Crippen LogP contribution in [0.3, 0.4) is 0 Å². The zero-order valence-electron chi connectivity index (χ0n) is 35.2. The Bertz CT molecular complexity index is 3010. The maximum absolute atomic E-state index is 2.53. The fourth-order valence-electron chi connectivity index (χ4n) is 10.4. The molecule has 0 atom stereocenters. The van der Waals surface area contributed by atoms with Crippen LogP contribution in [0.5, 0.6) is 0 Å². The molecule has 0 aromatic heterocycles. The Morgan fingerprint density at radius 3 is 1.32 bits per heavy atom. The lowest BCUT2D eigenvalue weighted by molar-refractivity contribution is 0.660. The van der Waals surface area contributed by atoms with Crippen LogP contribution in [-0.2, 0) is 10.8 Å². The van der Waals surface area contributed by atoms with Gasteiger partial charge < -0.3 is 9.80 Å². The van der Waals surface area contributed by atoms with Crippen molar-refractivity contribution in [1.82, 2.24) is 0 Å². The van der Waals surface area contributed by atoms with E-state index in [-0.39, 0.29) is 10.8 Å². The molecule has 60 heavy (non-hydrogen) atoms. The molecule has 290 valence electrons. The number of benzene rings is 9. The average molecular weight is 773 g/mol. The van der Waals surface area contributed by atoms with E-state index in [1.165, 1.54) is 77.2 Å². The molecule has 2 nitrogen and oxygen atoms in total. The zero-order valence-corrected chi connectivity index (χ0v) is 35.2. The molecule has 2 aliphatic rings. The fourth-order valence-corrected chi connectivity index (χ4v) is 10.4. The van der Waals surface area contributed by atoms with E-state index < -0.39 is 0 Å². The Morgan fingerprint density at radius 1 is 0.333 bits per heavy atom. The van der Waals surface area contributed by atoms with Crippen molar-refractivity contribution >= 4 is 55.7 Å². The lowest BCUT2D eigenvalue weighted by Gasteiger charge is -2.32. The first-order valence-corrected chi connectivity index (χ1v) is 21.3. The summed E-state index contributed by atoms with van der Waals surface area (Å²) in [5.74, 6) is 0. The summed E-state index contributed by atoms with van der Waals surface area (Å²) in [6.45, 7) is 13.8. The summed E-state index contributed by atoms with van der Waals surface area (Å²) in [4.78, 5) is 4.97. The Morgan fingerprint density at radius 2 is 0.767 bits per heavy atom. The van der Waals surface area contributed by atoms with E-state index in [1.54, 1.807) is 0 Å². The summed E-state index contributed by atoms with van der Waals surface area (Å²) in [6.07, 6.45) is 0. The molecular formula is C58H48N2. The molecule has 0 saturated carbocycles. The van der Waals surface area contributed by atoms with Crippen LogP contribution in [0.4, 0.5) is 34.1 Å². The highest BCUT2D eigenvalue weighted by molar-refractivity contribution is 6.19. The third-order valence-electron chi connectivity index (χ3n) is 13.6. The Kier molecular flexibility index (Phi) is 8.03. The molecule has 0 bridgehead atoms. The molecular weight excluding hydrogens is 725 g/mol. The highest BCUT2D eigenvalue weighted by Crippen LogP contribution is 2.54. The minimum Gasteiger partial charge on any atom is -0.310 e. The standard InChI is InChI=1S/C58H48N2/c1-37-19-24-40(25-20-37)59(41-26-21-38(2)22-27-41)55-34-33-54(49-30-23-39-13-7-8-14-44(39)56(49)55)60(42-28-31-47-45-15-9-11-17-50(45)57(3,4)52(47)35-42)43-29-32-48-46-16-10-12-18-51(46)58(5,6)53(48)36-43/h7-36H,1-6H3. The number of aryl methyl sites for hydroxylation is 2. The van der Waals surface area contributed by atoms with Gasteiger partial charge in [-0.1, -0.05) is 160 Å². The van der Waals surface area contributed by atoms with Gasteiger partial charge in [-0.2, -0.15) is 0 Å². The quantitative estimate of drug-likeness (QED) is 0.155. The van der Waals surface area contributed by atoms with E-state index in [2.05, 4.69) is 233 Å². The van der Waals surface area contributed by atoms with Gasteiger partial charge >= 0.3 is 0 Å². The molecule has 0 amide bonds. The van der Waals surface area contributed by atoms with Gasteiger partial charge in [0.05, 0.1) is 11.4 Å². The number of hydrogen-bond donors (Lipinski definition) is 0. The zero-order chi connectivity index (χ0) is 40.9. The monoisotopic (exact) mass is 772 g/mol. The average Bonchev–Trinajstić information content (AvgIpc) is 3.64. The van der Waals surface area contributed by atoms with Crippen LogP contribution >= 0.6 is 0 Å². The lowest BCUT2D eigenvalue weighted by Crippen LogP contribution is -2.18. The van der Waals surface area contributed by atoms with Crippen LogP contribution < -0.4 is 9.80 Å². The molecule has 0 spiro atoms. The molecule has 0 saturated heterocycles. The summed E-state index contributed by atoms with van der Waals surface area (Å²) in [5, 5.41) is 4.87. The molecule has 2 heteroatoms. The van der Waals surface area contributed by atoms with Crippen LogP contribution in [0.1, 0.15) is 61.1 Å². The smallest absolute Gasteiger partial charge is 0.0547 e. The van der Waals surface area contributed by atoms with E-state index in [0.717, 1.165) is 34.1 Å². The van der Waals surface area contributed by atoms with Crippen molar-refractivity contribution in [2.45, 2.75) is 52.4 Å². The van der Waals surface area contributed by atoms with Crippen molar-refractivity contribution in [3.05, 3.63) is 215 Å². The van der Waals surface area contributed by atoms with Crippen LogP contribution in [0, 0.1) is 13.8 Å². The first kappa shape index (κ1) is 36.2. The molecule has 9 aromatic carbocycles. The van der Waals surface area contributed by atoms with E-state index in [1.807, 2.05) is 0 Å². The van der Waals surface area contributed by atoms with E-state index in [9.17, 15) is 0 Å². The fraction of sp³-hybridized carbons (Fsp3) is 0.138. The largest absolute Gasteiger partial charge is 0.310 e. The van der Waals surface area contributed by atoms with Gasteiger partial charge in [-0.25, -0.2) is 0 Å². The summed E-state index contributed by atoms with van der Waals surface area (Å²) >= 11 is 0. The second-order valence-electron chi connectivity index (χ2n) is 18.0. The van der Waals surface area contributed by atoms with Crippen LogP contribution in [-0.4, -0.2) is 0 Å². The summed E-state index contributed by atoms with van der Waals surface area (Å²) in [5.41, 5.74) is 19.9. The number of rotatable bonds is 6. The summed E-state index contributed by atoms with van der Waals surface area (Å²) in [6, 6.07) is 68.3. The van der Waals surface area contributed by atoms with Gasteiger partial charge in [0, 0.05) is 44.4 Å². The van der Waals surface area contributed by atoms with Crippen LogP contribution in [0.25, 0.3) is 43.8 Å². The molecule has 0 unspecified atom stereocenters. The van der Waals surface area contributed by atoms with Crippen LogP contribution in [0.2, 0.25) is 0 Å². The van der Waals surface area contributed by atoms with Gasteiger partial charge in [-0.15, -0.1) is 0 Å². The molecule has 0 aliphatic heterocycles. The van der Waals surface area contributed by atoms with Crippen molar-refractivity contribution in [3.63, 3.8) is 0 Å². The van der Waals surface area contributed by atoms with Gasteiger partial charge in [-0.05, 0) is 130 Å². The molecule has 2 aliphatic carbocycles. The Labute approximate surface area is 354 Å². The molecule has 0 N–H and O–H groups in total. The number of fused-ring (bicyclic) bond motifs is 9. The first-order valence-electron chi connectivity index (χ1n) is 21.3. The number of nitrogens with zero attached hydrogens (tertiary/aromatic N) is 2. The minimum atomic E-state index is -0.139. The predicted octanol–water partition coefficient (Wildman–Crippen LogP) is 16.2. The SMILES string of the molecule is Cc1ccc(N(c2ccc(C)cc2)c2ccc(N(c3ccc4c(c3)C(C)(C)c3ccccc3-4)c3ccc4c(c3)C(C)(C)c3ccccc3-4)c3ccc4ccccc4c23)cc1. The second kappa shape index (κ2) is 13.3. The lowest BCUT2D eigenvalue weighted by atomic mass is 9.82. The van der Waals surface area contributed by atoms with Gasteiger partial charge in [-0.3, -0.25) is 0 Å². The van der Waals surface area contributed by atoms with Crippen molar-refractivity contribution < 1.29 is 0 Å². The van der Waals surface area contributed by atoms with Gasteiger partial charge in [0.1, 0.15) is 0 Å². The molecule has 9 aromatic rings. The molecule has 11 rings (SSSR count). The first-order chi connectivity index (χ1) is 29.1. The third-order valence-corrected chi connectivity index (χ3v) is 13.6. The Balaban J connectivity index is 1.20.